The van der Waals surface area contributed by atoms with Gasteiger partial charge in [-0.1, -0.05) is 84.9 Å². The molecule has 2 atom stereocenters. The second kappa shape index (κ2) is 53.6. The summed E-state index contributed by atoms with van der Waals surface area (Å²) < 4.78 is 175. The average molecular weight is 1960 g/mol. The number of alkyl carbamates (subject to hydrolysis) is 2. The van der Waals surface area contributed by atoms with E-state index in [0.29, 0.717) is 103 Å². The maximum atomic E-state index is 13.1. The first-order chi connectivity index (χ1) is 65.3. The van der Waals surface area contributed by atoms with Crippen LogP contribution >= 0.6 is 15.2 Å². The summed E-state index contributed by atoms with van der Waals surface area (Å²) in [6.45, 7) is 9.07. The van der Waals surface area contributed by atoms with E-state index in [9.17, 15) is 84.8 Å². The Morgan fingerprint density at radius 1 is 0.507 bits per heavy atom. The first-order valence-electron chi connectivity index (χ1n) is 40.9. The highest BCUT2D eigenvalue weighted by Crippen LogP contribution is 2.52. The number of phenolic OH excluding ortho intramolecular Hbond substituents is 1. The maximum absolute atomic E-state index is 13.1. The number of halogens is 3. The molecule has 4 heterocycles. The fraction of sp³-hybridized carbons (Fsp3) is 0.310. The van der Waals surface area contributed by atoms with E-state index in [-0.39, 0.29) is 116 Å². The van der Waals surface area contributed by atoms with Gasteiger partial charge in [0.2, 0.25) is 11.5 Å². The van der Waals surface area contributed by atoms with E-state index >= 15 is 0 Å². The highest BCUT2D eigenvalue weighted by molar-refractivity contribution is 7.87. The molecule has 0 aliphatic carbocycles. The number of nitro benzene ring substituents is 2. The number of nitrogens with one attached hydrogen (secondary N) is 6. The Morgan fingerprint density at radius 2 is 0.912 bits per heavy atom. The lowest BCUT2D eigenvalue weighted by Crippen LogP contribution is -2.28. The van der Waals surface area contributed by atoms with Gasteiger partial charge >= 0.3 is 66.4 Å². The summed E-state index contributed by atoms with van der Waals surface area (Å²) in [4.78, 5) is 99.8. The molecule has 2 aliphatic rings. The van der Waals surface area contributed by atoms with Crippen molar-refractivity contribution in [1.29, 1.82) is 0 Å². The van der Waals surface area contributed by atoms with Crippen molar-refractivity contribution in [3.05, 3.63) is 237 Å². The number of nitrogens with zero attached hydrogens (tertiary/aromatic N) is 4. The largest absolute Gasteiger partial charge is 0.523 e. The van der Waals surface area contributed by atoms with Crippen LogP contribution in [-0.2, 0) is 86.8 Å². The number of ether oxygens (including phenoxy) is 11. The van der Waals surface area contributed by atoms with Gasteiger partial charge in [-0.3, -0.25) is 43.1 Å². The summed E-state index contributed by atoms with van der Waals surface area (Å²) in [5.41, 5.74) is 0.0135. The molecule has 136 heavy (non-hydrogen) atoms. The summed E-state index contributed by atoms with van der Waals surface area (Å²) >= 11 is 0. The Morgan fingerprint density at radius 3 is 1.29 bits per heavy atom. The number of aromatic hydroxyl groups is 1. The van der Waals surface area contributed by atoms with Gasteiger partial charge in [-0.05, 0) is 111 Å². The van der Waals surface area contributed by atoms with Crippen molar-refractivity contribution >= 4 is 96.3 Å². The molecule has 0 bridgehead atoms. The van der Waals surface area contributed by atoms with Gasteiger partial charge in [-0.2, -0.15) is 21.6 Å². The molecule has 7 N–H and O–H groups in total. The highest BCUT2D eigenvalue weighted by atomic mass is 32.2. The number of benzene rings is 8. The van der Waals surface area contributed by atoms with Crippen LogP contribution in [0.2, 0.25) is 0 Å². The summed E-state index contributed by atoms with van der Waals surface area (Å²) in [6.07, 6.45) is 4.76. The molecule has 730 valence electrons. The van der Waals surface area contributed by atoms with Crippen LogP contribution in [0.4, 0.5) is 66.5 Å². The van der Waals surface area contributed by atoms with Crippen LogP contribution in [0.25, 0.3) is 22.6 Å². The second-order valence-electron chi connectivity index (χ2n) is 27.5. The first-order valence-corrected chi connectivity index (χ1v) is 45.7. The molecule has 10 aromatic rings. The van der Waals surface area contributed by atoms with E-state index in [1.54, 1.807) is 86.8 Å². The molecule has 6 amide bonds. The zero-order chi connectivity index (χ0) is 98.8. The molecule has 0 unspecified atom stereocenters. The molecule has 8 aromatic carbocycles. The lowest BCUT2D eigenvalue weighted by molar-refractivity contribution is -0.386. The van der Waals surface area contributed by atoms with Crippen molar-refractivity contribution in [3.8, 4) is 68.6 Å². The van der Waals surface area contributed by atoms with E-state index in [1.165, 1.54) is 79.5 Å². The minimum atomic E-state index is -5.80. The van der Waals surface area contributed by atoms with Gasteiger partial charge in [-0.25, -0.2) is 29.1 Å². The van der Waals surface area contributed by atoms with Crippen LogP contribution in [0.15, 0.2) is 192 Å². The number of hydrogen-bond acceptors (Lipinski definition) is 35. The molecule has 2 aliphatic heterocycles. The molecule has 2 saturated heterocycles. The minimum absolute atomic E-state index is 0.0454. The van der Waals surface area contributed by atoms with E-state index in [2.05, 4.69) is 59.8 Å². The molecule has 43 nitrogen and oxygen atoms in total. The van der Waals surface area contributed by atoms with Crippen LogP contribution in [-0.4, -0.2) is 182 Å². The predicted octanol–water partition coefficient (Wildman–Crippen LogP) is 17.4. The number of phenols is 1. The third-order valence-corrected chi connectivity index (χ3v) is 22.8. The first kappa shape index (κ1) is 107. The Hall–Kier alpha value is -14.3. The number of aromatic nitrogens is 2. The predicted molar refractivity (Wildman–Crippen MR) is 482 cm³/mol. The highest BCUT2D eigenvalue weighted by Gasteiger charge is 2.49. The third-order valence-electron chi connectivity index (χ3n) is 18.2. The third kappa shape index (κ3) is 32.5. The number of anilines is 4. The van der Waals surface area contributed by atoms with Crippen molar-refractivity contribution in [1.82, 2.24) is 20.6 Å². The van der Waals surface area contributed by atoms with Gasteiger partial charge in [0, 0.05) is 49.4 Å². The Bertz CT molecular complexity index is 5810. The SMILES string of the molecule is CCOP(=O)(COS(=O)(=O)C(F)(F)F)OCC.CCOP(=O)(COc1c(NC(=O)Nc2cccc(CNC(=O)O[C@H]3CCOC3)c2)ccc(-c2cnco2)c1OC)OCC.COc1c(-c2cnco2)ccc(NC(=O)Nc2cccc(CNC(=O)O[C@H]3CCOC3)c2)c1OCc1ccccc1.COc1c(C=O)ccc([N+](=O)[O-])c1O.COc1c(C=O)ccc([N+](=O)[O-])c1OCc1ccccc1. The summed E-state index contributed by atoms with van der Waals surface area (Å²) in [5, 5.41) is 47.4. The number of urea groups is 2. The lowest BCUT2D eigenvalue weighted by Gasteiger charge is -2.21. The smallest absolute Gasteiger partial charge is 0.499 e. The van der Waals surface area contributed by atoms with E-state index in [1.807, 2.05) is 66.7 Å². The van der Waals surface area contributed by atoms with Crippen LogP contribution in [0.5, 0.6) is 46.0 Å². The number of oxazole rings is 2. The van der Waals surface area contributed by atoms with Crippen molar-refractivity contribution in [2.24, 2.45) is 0 Å². The number of carbonyl (C=O) groups excluding carboxylic acids is 6. The number of aldehydes is 2. The fourth-order valence-electron chi connectivity index (χ4n) is 12.1. The van der Waals surface area contributed by atoms with E-state index < -0.39 is 89.0 Å². The topological polar surface area (TPSA) is 549 Å². The van der Waals surface area contributed by atoms with E-state index in [4.69, 9.17) is 65.3 Å². The quantitative estimate of drug-likeness (QED) is 0.00468. The molecule has 0 radical (unpaired) electrons. The lowest BCUT2D eigenvalue weighted by atomic mass is 10.1. The molecular weight excluding hydrogens is 1860 g/mol. The van der Waals surface area contributed by atoms with Crippen molar-refractivity contribution in [2.75, 3.05) is 115 Å². The van der Waals surface area contributed by atoms with E-state index in [0.717, 1.165) is 28.3 Å². The Kier molecular flexibility index (Phi) is 42.2. The number of hydrogen-bond donors (Lipinski definition) is 7. The number of nitro groups is 2. The van der Waals surface area contributed by atoms with Crippen molar-refractivity contribution in [3.63, 3.8) is 0 Å². The van der Waals surface area contributed by atoms with Crippen molar-refractivity contribution in [2.45, 2.75) is 84.6 Å². The van der Waals surface area contributed by atoms with Gasteiger partial charge in [0.25, 0.3) is 0 Å². The number of amides is 6. The summed E-state index contributed by atoms with van der Waals surface area (Å²) in [5.74, 6) is 1.09. The van der Waals surface area contributed by atoms with Gasteiger partial charge < -0.3 is 116 Å². The number of rotatable bonds is 40. The second-order valence-corrected chi connectivity index (χ2v) is 33.1. The molecule has 0 saturated carbocycles. The van der Waals surface area contributed by atoms with Crippen molar-refractivity contribution < 1.29 is 158 Å². The summed E-state index contributed by atoms with van der Waals surface area (Å²) in [7, 11) is -7.91. The van der Waals surface area contributed by atoms with Crippen LogP contribution in [0, 0.1) is 20.2 Å². The molecular formula is C87H97F3N10O33P2S. The fourth-order valence-corrected chi connectivity index (χ4v) is 15.6. The molecule has 12 rings (SSSR count). The molecule has 49 heteroatoms. The van der Waals surface area contributed by atoms with Gasteiger partial charge in [0.1, 0.15) is 25.4 Å². The average Bonchev–Trinajstić information content (AvgIpc) is 1.34. The zero-order valence-electron chi connectivity index (χ0n) is 74.2. The Balaban J connectivity index is 0.000000224. The summed E-state index contributed by atoms with van der Waals surface area (Å²) in [6, 6.07) is 43.4. The van der Waals surface area contributed by atoms with Gasteiger partial charge in [0.05, 0.1) is 137 Å². The standard InChI is InChI=1S/C30H30N4O7.C28H35N4O10P.C15H13NO5.C8H7NO5.C6H12F3O6PS/c1-37-27-24(26-16-31-19-40-26)10-11-25(28(27)39-17-20-6-3-2-4-7-20)34-29(35)33-22-9-5-8-21(14-22)15-32-30(36)41-23-12-13-38-18-23;1-4-40-43(35,41-5-2)18-39-26-23(10-9-22(25(26)36-3)24-15-29-17-38-24)32-27(33)31-20-8-6-7-19(13-20)14-30-28(34)42-21-11-12-37-16-21;1-20-14-12(9-17)7-8-13(16(18)19)15(14)21-10-11-5-3-2-4-6-11;1-14-8-5(4-10)2-3-6(7(8)11)9(12)13;1-3-13-16(10,14-4-2)5-15-17(11,12)6(7,8)9/h2-11,14,16,19,23H,12-13,15,17-18H2,1H3,(H,32,36)(H2,33,34,35);6-10,13,15,17,21H,4-5,11-12,14,16,18H2,1-3H3,(H,30,34)(H2,31,32,33);2-9H,10H2,1H3;2-4,11H,1H3;3-5H2,1-2H3/t23-;21-;;;/m00.../s1. The van der Waals surface area contributed by atoms with Crippen LogP contribution in [0.3, 0.4) is 0 Å². The van der Waals surface area contributed by atoms with Crippen LogP contribution < -0.4 is 65.1 Å². The molecule has 2 fully saturated rings. The molecule has 2 aromatic heterocycles. The number of alkyl halides is 3. The van der Waals surface area contributed by atoms with Gasteiger partial charge in [-0.15, -0.1) is 0 Å². The number of carbonyl (C=O) groups is 6. The zero-order valence-corrected chi connectivity index (χ0v) is 76.8. The van der Waals surface area contributed by atoms with Crippen LogP contribution in [0.1, 0.15) is 83.5 Å². The minimum Gasteiger partial charge on any atom is -0.499 e. The Labute approximate surface area is 775 Å². The molecule has 0 spiro atoms. The monoisotopic (exact) mass is 1960 g/mol. The maximum Gasteiger partial charge on any atom is 0.523 e. The van der Waals surface area contributed by atoms with Gasteiger partial charge in [0.15, 0.2) is 84.1 Å². The number of methoxy groups -OCH3 is 4. The normalized spacial score (nSPS) is 13.2.